The molecule has 0 unspecified atom stereocenters. The van der Waals surface area contributed by atoms with Gasteiger partial charge < -0.3 is 14.0 Å². The van der Waals surface area contributed by atoms with Crippen LogP contribution in [0.4, 0.5) is 15.4 Å². The molecule has 0 spiro atoms. The third kappa shape index (κ3) is 3.31. The van der Waals surface area contributed by atoms with Crippen LogP contribution in [-0.4, -0.2) is 31.0 Å². The summed E-state index contributed by atoms with van der Waals surface area (Å²) in [6.07, 6.45) is 0.399. The second-order valence-electron chi connectivity index (χ2n) is 6.04. The summed E-state index contributed by atoms with van der Waals surface area (Å²) in [7, 11) is 2.48. The van der Waals surface area contributed by atoms with Gasteiger partial charge in [-0.15, -0.1) is 0 Å². The lowest BCUT2D eigenvalue weighted by atomic mass is 10.1. The van der Waals surface area contributed by atoms with Gasteiger partial charge in [-0.1, -0.05) is 36.4 Å². The Hall–Kier alpha value is -3.48. The lowest BCUT2D eigenvalue weighted by Crippen LogP contribution is -2.47. The number of hydrogen-bond acceptors (Lipinski definition) is 4. The molecule has 0 bridgehead atoms. The molecule has 0 saturated carbocycles. The molecule has 0 saturated heterocycles. The maximum Gasteiger partial charge on any atom is 0.434 e. The average Bonchev–Trinajstić information content (AvgIpc) is 3.06. The van der Waals surface area contributed by atoms with Crippen molar-refractivity contribution in [1.82, 2.24) is 9.99 Å². The summed E-state index contributed by atoms with van der Waals surface area (Å²) in [6, 6.07) is 13.5. The molecule has 1 aromatic heterocycles. The fourth-order valence-electron chi connectivity index (χ4n) is 2.96. The van der Waals surface area contributed by atoms with Crippen molar-refractivity contribution in [2.24, 2.45) is 0 Å². The number of fused-ring (bicyclic) bond motifs is 1. The minimum absolute atomic E-state index is 0.455. The zero-order valence-corrected chi connectivity index (χ0v) is 15.6. The van der Waals surface area contributed by atoms with Crippen LogP contribution >= 0.6 is 0 Å². The highest BCUT2D eigenvalue weighted by Gasteiger charge is 2.26. The average molecular weight is 367 g/mol. The predicted octanol–water partition coefficient (Wildman–Crippen LogP) is 4.09. The van der Waals surface area contributed by atoms with Gasteiger partial charge in [-0.2, -0.15) is 5.01 Å². The van der Waals surface area contributed by atoms with E-state index >= 15 is 0 Å². The largest absolute Gasteiger partial charge is 0.452 e. The second kappa shape index (κ2) is 7.41. The first-order chi connectivity index (χ1) is 13.0. The van der Waals surface area contributed by atoms with E-state index in [0.29, 0.717) is 5.82 Å². The van der Waals surface area contributed by atoms with Gasteiger partial charge in [0.05, 0.1) is 19.9 Å². The molecule has 0 aliphatic heterocycles. The van der Waals surface area contributed by atoms with E-state index in [0.717, 1.165) is 32.6 Å². The number of aromatic nitrogens is 1. The molecule has 2 aromatic carbocycles. The minimum Gasteiger partial charge on any atom is -0.452 e. The van der Waals surface area contributed by atoms with Gasteiger partial charge in [-0.3, -0.25) is 0 Å². The molecule has 140 valence electrons. The van der Waals surface area contributed by atoms with Crippen LogP contribution in [-0.2, 0) is 9.47 Å². The van der Waals surface area contributed by atoms with Gasteiger partial charge in [0, 0.05) is 17.0 Å². The van der Waals surface area contributed by atoms with E-state index in [1.807, 2.05) is 67.1 Å². The Bertz CT molecular complexity index is 1010. The van der Waals surface area contributed by atoms with Crippen molar-refractivity contribution in [1.29, 1.82) is 0 Å². The molecular formula is C20H21N3O4. The number of benzene rings is 2. The lowest BCUT2D eigenvalue weighted by Gasteiger charge is -2.24. The van der Waals surface area contributed by atoms with Crippen molar-refractivity contribution in [3.8, 4) is 5.69 Å². The predicted molar refractivity (Wildman–Crippen MR) is 103 cm³/mol. The molecule has 1 N–H and O–H groups in total. The second-order valence-corrected chi connectivity index (χ2v) is 6.04. The number of nitrogens with one attached hydrogen (secondary N) is 1. The number of carbonyl (C=O) groups is 2. The van der Waals surface area contributed by atoms with Crippen LogP contribution in [0.3, 0.4) is 0 Å². The topological polar surface area (TPSA) is 72.8 Å². The highest BCUT2D eigenvalue weighted by atomic mass is 16.6. The van der Waals surface area contributed by atoms with Gasteiger partial charge >= 0.3 is 12.2 Å². The number of methoxy groups -OCH3 is 2. The molecule has 0 aliphatic rings. The molecule has 0 radical (unpaired) electrons. The Labute approximate surface area is 157 Å². The monoisotopic (exact) mass is 367 g/mol. The first kappa shape index (κ1) is 18.3. The Balaban J connectivity index is 2.30. The number of amides is 2. The van der Waals surface area contributed by atoms with E-state index in [9.17, 15) is 9.59 Å². The maximum absolute atomic E-state index is 12.5. The smallest absolute Gasteiger partial charge is 0.434 e. The summed E-state index contributed by atoms with van der Waals surface area (Å²) in [6.45, 7) is 4.03. The number of carbonyl (C=O) groups excluding carboxylic acids is 2. The van der Waals surface area contributed by atoms with Crippen LogP contribution in [0.2, 0.25) is 0 Å². The van der Waals surface area contributed by atoms with Crippen LogP contribution in [0.5, 0.6) is 0 Å². The molecule has 0 fully saturated rings. The molecule has 0 aliphatic carbocycles. The van der Waals surface area contributed by atoms with Crippen LogP contribution in [0, 0.1) is 13.8 Å². The van der Waals surface area contributed by atoms with Gasteiger partial charge in [-0.05, 0) is 31.0 Å². The summed E-state index contributed by atoms with van der Waals surface area (Å²) in [4.78, 5) is 24.3. The first-order valence-corrected chi connectivity index (χ1v) is 8.37. The Morgan fingerprint density at radius 1 is 1.00 bits per heavy atom. The SMILES string of the molecule is COC(=O)NN(C(=O)OC)c1c2ccccc2cn1-c1cccc(C)c1C. The van der Waals surface area contributed by atoms with Crippen molar-refractivity contribution >= 4 is 28.8 Å². The molecular weight excluding hydrogens is 346 g/mol. The van der Waals surface area contributed by atoms with Crippen molar-refractivity contribution in [3.63, 3.8) is 0 Å². The lowest BCUT2D eigenvalue weighted by molar-refractivity contribution is 0.157. The molecule has 1 heterocycles. The summed E-state index contributed by atoms with van der Waals surface area (Å²) in [5.41, 5.74) is 5.49. The highest BCUT2D eigenvalue weighted by molar-refractivity contribution is 6.02. The van der Waals surface area contributed by atoms with E-state index in [2.05, 4.69) is 10.2 Å². The number of aryl methyl sites for hydroxylation is 1. The zero-order chi connectivity index (χ0) is 19.6. The van der Waals surface area contributed by atoms with E-state index in [-0.39, 0.29) is 0 Å². The van der Waals surface area contributed by atoms with Gasteiger partial charge in [0.2, 0.25) is 0 Å². The molecule has 2 amide bonds. The number of hydrogen-bond donors (Lipinski definition) is 1. The number of nitrogens with zero attached hydrogens (tertiary/aromatic N) is 2. The van der Waals surface area contributed by atoms with E-state index < -0.39 is 12.2 Å². The minimum atomic E-state index is -0.779. The normalized spacial score (nSPS) is 10.5. The van der Waals surface area contributed by atoms with Crippen molar-refractivity contribution in [2.75, 3.05) is 19.2 Å². The molecule has 0 atom stereocenters. The number of anilines is 1. The van der Waals surface area contributed by atoms with Crippen LogP contribution in [0.25, 0.3) is 16.5 Å². The Kier molecular flexibility index (Phi) is 5.03. The first-order valence-electron chi connectivity index (χ1n) is 8.37. The zero-order valence-electron chi connectivity index (χ0n) is 15.6. The van der Waals surface area contributed by atoms with Crippen LogP contribution in [0.15, 0.2) is 48.7 Å². The number of ether oxygens (including phenoxy) is 2. The summed E-state index contributed by atoms with van der Waals surface area (Å²) < 4.78 is 11.4. The standard InChI is InChI=1S/C20H21N3O4/c1-13-8-7-11-17(14(13)2)22-12-15-9-5-6-10-16(15)18(22)23(20(25)27-4)21-19(24)26-3/h5-12H,1-4H3,(H,21,24). The van der Waals surface area contributed by atoms with Crippen molar-refractivity contribution < 1.29 is 19.1 Å². The third-order valence-electron chi connectivity index (χ3n) is 4.49. The number of hydrazine groups is 1. The van der Waals surface area contributed by atoms with Crippen LogP contribution in [0.1, 0.15) is 11.1 Å². The van der Waals surface area contributed by atoms with Crippen molar-refractivity contribution in [2.45, 2.75) is 13.8 Å². The Morgan fingerprint density at radius 2 is 1.74 bits per heavy atom. The van der Waals surface area contributed by atoms with Crippen molar-refractivity contribution in [3.05, 3.63) is 59.8 Å². The van der Waals surface area contributed by atoms with E-state index in [1.54, 1.807) is 0 Å². The fraction of sp³-hybridized carbons (Fsp3) is 0.200. The molecule has 7 nitrogen and oxygen atoms in total. The summed E-state index contributed by atoms with van der Waals surface area (Å²) in [5, 5.41) is 2.74. The fourth-order valence-corrected chi connectivity index (χ4v) is 2.96. The Morgan fingerprint density at radius 3 is 2.44 bits per heavy atom. The van der Waals surface area contributed by atoms with E-state index in [1.165, 1.54) is 14.2 Å². The third-order valence-corrected chi connectivity index (χ3v) is 4.49. The molecule has 3 rings (SSSR count). The van der Waals surface area contributed by atoms with Gasteiger partial charge in [0.25, 0.3) is 0 Å². The van der Waals surface area contributed by atoms with Crippen LogP contribution < -0.4 is 10.4 Å². The molecule has 3 aromatic rings. The maximum atomic E-state index is 12.5. The van der Waals surface area contributed by atoms with Gasteiger partial charge in [0.1, 0.15) is 0 Å². The quantitative estimate of drug-likeness (QED) is 0.693. The van der Waals surface area contributed by atoms with E-state index in [4.69, 9.17) is 4.74 Å². The number of rotatable bonds is 2. The summed E-state index contributed by atoms with van der Waals surface area (Å²) >= 11 is 0. The highest BCUT2D eigenvalue weighted by Crippen LogP contribution is 2.33. The molecule has 7 heteroatoms. The van der Waals surface area contributed by atoms with Gasteiger partial charge in [-0.25, -0.2) is 15.0 Å². The summed E-state index contributed by atoms with van der Waals surface area (Å²) in [5.74, 6) is 0.455. The molecule has 27 heavy (non-hydrogen) atoms. The van der Waals surface area contributed by atoms with Gasteiger partial charge in [0.15, 0.2) is 5.82 Å².